The van der Waals surface area contributed by atoms with Crippen LogP contribution in [0.1, 0.15) is 40.0 Å². The summed E-state index contributed by atoms with van der Waals surface area (Å²) < 4.78 is 0. The van der Waals surface area contributed by atoms with Crippen molar-refractivity contribution in [1.29, 1.82) is 0 Å². The third-order valence-corrected chi connectivity index (χ3v) is 2.69. The summed E-state index contributed by atoms with van der Waals surface area (Å²) in [6.07, 6.45) is 7.34. The molecule has 0 fully saturated rings. The minimum Gasteiger partial charge on any atom is -0.266 e. The van der Waals surface area contributed by atoms with Crippen molar-refractivity contribution in [2.45, 2.75) is 19.3 Å². The van der Waals surface area contributed by atoms with Crippen LogP contribution >= 0.6 is 0 Å². The maximum absolute atomic E-state index is 11.9. The number of hydroxylamine groups is 2. The van der Waals surface area contributed by atoms with Crippen molar-refractivity contribution in [3.63, 3.8) is 0 Å². The molecule has 4 nitrogen and oxygen atoms in total. The van der Waals surface area contributed by atoms with E-state index >= 15 is 0 Å². The lowest BCUT2D eigenvalue weighted by Crippen LogP contribution is -2.30. The first-order chi connectivity index (χ1) is 8.75. The Bertz CT molecular complexity index is 481. The van der Waals surface area contributed by atoms with Crippen LogP contribution in [0.4, 0.5) is 0 Å². The highest BCUT2D eigenvalue weighted by Crippen LogP contribution is 2.22. The third-order valence-electron chi connectivity index (χ3n) is 2.69. The van der Waals surface area contributed by atoms with Crippen molar-refractivity contribution < 1.29 is 14.4 Å². The maximum Gasteiger partial charge on any atom is 0.285 e. The van der Waals surface area contributed by atoms with Gasteiger partial charge >= 0.3 is 0 Å². The van der Waals surface area contributed by atoms with Crippen molar-refractivity contribution in [3.8, 4) is 12.3 Å². The predicted molar refractivity (Wildman–Crippen MR) is 65.6 cm³/mol. The van der Waals surface area contributed by atoms with Crippen LogP contribution in [0.2, 0.25) is 0 Å². The van der Waals surface area contributed by atoms with Gasteiger partial charge in [0.1, 0.15) is 0 Å². The van der Waals surface area contributed by atoms with Gasteiger partial charge in [0.05, 0.1) is 17.7 Å². The number of benzene rings is 1. The number of hydrogen-bond acceptors (Lipinski definition) is 3. The summed E-state index contributed by atoms with van der Waals surface area (Å²) >= 11 is 0. The van der Waals surface area contributed by atoms with E-state index in [9.17, 15) is 9.59 Å². The van der Waals surface area contributed by atoms with E-state index in [-0.39, 0.29) is 0 Å². The van der Waals surface area contributed by atoms with Gasteiger partial charge < -0.3 is 0 Å². The Morgan fingerprint density at radius 3 is 2.28 bits per heavy atom. The number of amides is 2. The van der Waals surface area contributed by atoms with E-state index < -0.39 is 11.8 Å². The minimum absolute atomic E-state index is 0.313. The molecule has 0 atom stereocenters. The van der Waals surface area contributed by atoms with Crippen LogP contribution in [0.15, 0.2) is 24.3 Å². The smallest absolute Gasteiger partial charge is 0.266 e. The normalized spacial score (nSPS) is 13.6. The number of imide groups is 1. The number of fused-ring (bicyclic) bond motifs is 1. The van der Waals surface area contributed by atoms with E-state index in [2.05, 4.69) is 5.92 Å². The van der Waals surface area contributed by atoms with Gasteiger partial charge in [-0.05, 0) is 25.0 Å². The molecular formula is C14H13NO3. The van der Waals surface area contributed by atoms with Crippen molar-refractivity contribution in [2.24, 2.45) is 0 Å². The largest absolute Gasteiger partial charge is 0.285 e. The molecule has 18 heavy (non-hydrogen) atoms. The molecule has 0 saturated carbocycles. The minimum atomic E-state index is -0.396. The fraction of sp³-hybridized carbons (Fsp3) is 0.286. The molecule has 1 aromatic carbocycles. The molecule has 1 aliphatic heterocycles. The molecule has 1 aromatic rings. The molecule has 0 unspecified atom stereocenters. The topological polar surface area (TPSA) is 46.6 Å². The molecule has 0 saturated heterocycles. The molecule has 0 aliphatic carbocycles. The second kappa shape index (κ2) is 5.48. The summed E-state index contributed by atoms with van der Waals surface area (Å²) in [6.45, 7) is 0.313. The number of carbonyl (C=O) groups is 2. The Morgan fingerprint density at radius 2 is 1.72 bits per heavy atom. The molecule has 1 aliphatic rings. The standard InChI is InChI=1S/C14H13NO3/c1-2-3-4-7-10-18-15-13(16)11-8-5-6-9-12(11)14(15)17/h1,5-6,8-9H,3-4,7,10H2. The first-order valence-electron chi connectivity index (χ1n) is 5.80. The Kier molecular flexibility index (Phi) is 3.75. The molecular weight excluding hydrogens is 230 g/mol. The Hall–Kier alpha value is -2.12. The number of rotatable bonds is 5. The Balaban J connectivity index is 1.95. The van der Waals surface area contributed by atoms with Gasteiger partial charge in [-0.25, -0.2) is 0 Å². The number of hydrogen-bond donors (Lipinski definition) is 0. The molecule has 0 N–H and O–H groups in total. The highest BCUT2D eigenvalue weighted by molar-refractivity contribution is 6.20. The Morgan fingerprint density at radius 1 is 1.11 bits per heavy atom. The van der Waals surface area contributed by atoms with Gasteiger partial charge in [0.15, 0.2) is 0 Å². The molecule has 0 spiro atoms. The Labute approximate surface area is 105 Å². The second-order valence-electron chi connectivity index (χ2n) is 3.94. The van der Waals surface area contributed by atoms with Gasteiger partial charge in [0, 0.05) is 6.42 Å². The van der Waals surface area contributed by atoms with Gasteiger partial charge in [0.25, 0.3) is 11.8 Å². The van der Waals surface area contributed by atoms with Gasteiger partial charge in [-0.15, -0.1) is 17.4 Å². The molecule has 4 heteroatoms. The van der Waals surface area contributed by atoms with Crippen LogP contribution in [-0.2, 0) is 4.84 Å². The van der Waals surface area contributed by atoms with Crippen molar-refractivity contribution >= 4 is 11.8 Å². The lowest BCUT2D eigenvalue weighted by Gasteiger charge is -2.12. The van der Waals surface area contributed by atoms with Crippen molar-refractivity contribution in [2.75, 3.05) is 6.61 Å². The average molecular weight is 243 g/mol. The van der Waals surface area contributed by atoms with Crippen molar-refractivity contribution in [1.82, 2.24) is 5.06 Å². The molecule has 1 heterocycles. The fourth-order valence-corrected chi connectivity index (χ4v) is 1.77. The lowest BCUT2D eigenvalue weighted by atomic mass is 10.1. The van der Waals surface area contributed by atoms with Crippen LogP contribution in [0, 0.1) is 12.3 Å². The summed E-state index contributed by atoms with van der Waals surface area (Å²) in [6, 6.07) is 6.69. The van der Waals surface area contributed by atoms with Crippen LogP contribution in [0.5, 0.6) is 0 Å². The zero-order valence-electron chi connectivity index (χ0n) is 9.89. The zero-order chi connectivity index (χ0) is 13.0. The van der Waals surface area contributed by atoms with Gasteiger partial charge in [0.2, 0.25) is 0 Å². The van der Waals surface area contributed by atoms with Crippen LogP contribution in [0.3, 0.4) is 0 Å². The SMILES string of the molecule is C#CCCCCON1C(=O)c2ccccc2C1=O. The van der Waals surface area contributed by atoms with E-state index in [1.54, 1.807) is 24.3 Å². The quantitative estimate of drug-likeness (QED) is 0.451. The van der Waals surface area contributed by atoms with Crippen LogP contribution in [0.25, 0.3) is 0 Å². The van der Waals surface area contributed by atoms with E-state index in [1.165, 1.54) is 0 Å². The van der Waals surface area contributed by atoms with Crippen LogP contribution < -0.4 is 0 Å². The molecule has 92 valence electrons. The summed E-state index contributed by atoms with van der Waals surface area (Å²) in [7, 11) is 0. The first-order valence-corrected chi connectivity index (χ1v) is 5.80. The number of carbonyl (C=O) groups excluding carboxylic acids is 2. The average Bonchev–Trinajstić information content (AvgIpc) is 2.64. The lowest BCUT2D eigenvalue weighted by molar-refractivity contribution is -0.0921. The maximum atomic E-state index is 11.9. The highest BCUT2D eigenvalue weighted by Gasteiger charge is 2.36. The number of unbranched alkanes of at least 4 members (excludes halogenated alkanes) is 2. The van der Waals surface area contributed by atoms with Gasteiger partial charge in [-0.1, -0.05) is 12.1 Å². The molecule has 2 amide bonds. The summed E-state index contributed by atoms with van der Waals surface area (Å²) in [4.78, 5) is 29.0. The van der Waals surface area contributed by atoms with E-state index in [1.807, 2.05) is 0 Å². The molecule has 0 radical (unpaired) electrons. The number of nitrogens with zero attached hydrogens (tertiary/aromatic N) is 1. The van der Waals surface area contributed by atoms with Gasteiger partial charge in [-0.3, -0.25) is 14.4 Å². The highest BCUT2D eigenvalue weighted by atomic mass is 16.7. The van der Waals surface area contributed by atoms with E-state index in [0.717, 1.165) is 17.9 Å². The summed E-state index contributed by atoms with van der Waals surface area (Å²) in [5.74, 6) is 1.73. The fourth-order valence-electron chi connectivity index (χ4n) is 1.77. The monoisotopic (exact) mass is 243 g/mol. The molecule has 0 aromatic heterocycles. The first kappa shape index (κ1) is 12.3. The predicted octanol–water partition coefficient (Wildman–Crippen LogP) is 2.02. The number of terminal acetylenes is 1. The zero-order valence-corrected chi connectivity index (χ0v) is 9.89. The third kappa shape index (κ3) is 2.27. The second-order valence-corrected chi connectivity index (χ2v) is 3.94. The van der Waals surface area contributed by atoms with Crippen molar-refractivity contribution in [3.05, 3.63) is 35.4 Å². The summed E-state index contributed by atoms with van der Waals surface area (Å²) in [5, 5.41) is 0.834. The molecule has 0 bridgehead atoms. The van der Waals surface area contributed by atoms with E-state index in [0.29, 0.717) is 24.2 Å². The molecule has 2 rings (SSSR count). The van der Waals surface area contributed by atoms with Crippen LogP contribution in [-0.4, -0.2) is 23.5 Å². The van der Waals surface area contributed by atoms with Gasteiger partial charge in [-0.2, -0.15) is 0 Å². The van der Waals surface area contributed by atoms with E-state index in [4.69, 9.17) is 11.3 Å². The summed E-state index contributed by atoms with van der Waals surface area (Å²) in [5.41, 5.74) is 0.789.